The van der Waals surface area contributed by atoms with Gasteiger partial charge in [0.15, 0.2) is 0 Å². The van der Waals surface area contributed by atoms with E-state index in [1.165, 1.54) is 25.7 Å². The minimum Gasteiger partial charge on any atom is -0.397 e. The zero-order valence-corrected chi connectivity index (χ0v) is 10.5. The van der Waals surface area contributed by atoms with Crippen LogP contribution in [0, 0.1) is 23.2 Å². The average Bonchev–Trinajstić information content (AvgIpc) is 3.23. The molecule has 18 heavy (non-hydrogen) atoms. The van der Waals surface area contributed by atoms with Crippen LogP contribution in [0.25, 0.3) is 0 Å². The number of nitrogens with two attached hydrogens (primary N) is 1. The van der Waals surface area contributed by atoms with Crippen LogP contribution in [0.2, 0.25) is 0 Å². The lowest BCUT2D eigenvalue weighted by molar-refractivity contribution is 0.671. The zero-order valence-electron chi connectivity index (χ0n) is 10.5. The molecule has 4 heteroatoms. The Morgan fingerprint density at radius 1 is 1.28 bits per heavy atom. The van der Waals surface area contributed by atoms with Gasteiger partial charge in [0.25, 0.3) is 0 Å². The van der Waals surface area contributed by atoms with Crippen molar-refractivity contribution in [3.05, 3.63) is 17.8 Å². The molecule has 94 valence electrons. The topological polar surface area (TPSA) is 65.9 Å². The van der Waals surface area contributed by atoms with Gasteiger partial charge < -0.3 is 10.6 Å². The van der Waals surface area contributed by atoms with E-state index >= 15 is 0 Å². The highest BCUT2D eigenvalue weighted by Crippen LogP contribution is 2.36. The summed E-state index contributed by atoms with van der Waals surface area (Å²) in [5.74, 6) is 2.43. The Bertz CT molecular complexity index is 469. The van der Waals surface area contributed by atoms with E-state index in [9.17, 15) is 5.26 Å². The van der Waals surface area contributed by atoms with E-state index < -0.39 is 0 Å². The van der Waals surface area contributed by atoms with E-state index in [1.807, 2.05) is 0 Å². The van der Waals surface area contributed by atoms with Crippen LogP contribution in [0.1, 0.15) is 31.2 Å². The molecule has 0 aromatic carbocycles. The van der Waals surface area contributed by atoms with E-state index in [2.05, 4.69) is 16.0 Å². The van der Waals surface area contributed by atoms with Crippen molar-refractivity contribution in [1.82, 2.24) is 4.98 Å². The highest BCUT2D eigenvalue weighted by Gasteiger charge is 2.30. The maximum atomic E-state index is 9.22. The molecular weight excluding hydrogens is 224 g/mol. The van der Waals surface area contributed by atoms with Crippen LogP contribution in [0.15, 0.2) is 12.3 Å². The number of hydrogen-bond donors (Lipinski definition) is 1. The molecule has 0 amide bonds. The summed E-state index contributed by atoms with van der Waals surface area (Å²) in [7, 11) is 0. The fourth-order valence-electron chi connectivity index (χ4n) is 2.28. The molecule has 0 radical (unpaired) electrons. The SMILES string of the molecule is N#Cc1cc(N)cnc1N(CC1CC1)CC1CC1. The van der Waals surface area contributed by atoms with Gasteiger partial charge in [-0.05, 0) is 43.6 Å². The number of pyridine rings is 1. The standard InChI is InChI=1S/C14H18N4/c15-6-12-5-13(16)7-17-14(12)18(8-10-1-2-10)9-11-3-4-11/h5,7,10-11H,1-4,8-9,16H2. The maximum Gasteiger partial charge on any atom is 0.146 e. The number of nitriles is 1. The number of aromatic nitrogens is 1. The molecule has 0 atom stereocenters. The Hall–Kier alpha value is -1.76. The molecule has 0 spiro atoms. The van der Waals surface area contributed by atoms with Crippen LogP contribution in [-0.2, 0) is 0 Å². The Morgan fingerprint density at radius 3 is 2.39 bits per heavy atom. The summed E-state index contributed by atoms with van der Waals surface area (Å²) >= 11 is 0. The maximum absolute atomic E-state index is 9.22. The molecule has 1 heterocycles. The highest BCUT2D eigenvalue weighted by atomic mass is 15.2. The smallest absolute Gasteiger partial charge is 0.146 e. The van der Waals surface area contributed by atoms with Gasteiger partial charge in [-0.3, -0.25) is 0 Å². The van der Waals surface area contributed by atoms with Gasteiger partial charge in [0.1, 0.15) is 11.9 Å². The minimum absolute atomic E-state index is 0.563. The number of hydrogen-bond acceptors (Lipinski definition) is 4. The molecule has 2 aliphatic rings. The fourth-order valence-corrected chi connectivity index (χ4v) is 2.28. The summed E-state index contributed by atoms with van der Waals surface area (Å²) in [5, 5.41) is 9.22. The molecule has 0 unspecified atom stereocenters. The van der Waals surface area contributed by atoms with Crippen molar-refractivity contribution < 1.29 is 0 Å². The van der Waals surface area contributed by atoms with Gasteiger partial charge in [-0.2, -0.15) is 5.26 Å². The first-order valence-corrected chi connectivity index (χ1v) is 6.67. The number of rotatable bonds is 5. The predicted octanol–water partition coefficient (Wildman–Crippen LogP) is 2.16. The normalized spacial score (nSPS) is 18.4. The molecule has 2 fully saturated rings. The Morgan fingerprint density at radius 2 is 1.89 bits per heavy atom. The number of nitrogens with zero attached hydrogens (tertiary/aromatic N) is 3. The van der Waals surface area contributed by atoms with Crippen molar-refractivity contribution in [3.8, 4) is 6.07 Å². The molecule has 2 saturated carbocycles. The van der Waals surface area contributed by atoms with Crippen molar-refractivity contribution in [2.75, 3.05) is 23.7 Å². The lowest BCUT2D eigenvalue weighted by Gasteiger charge is -2.24. The van der Waals surface area contributed by atoms with E-state index in [1.54, 1.807) is 12.3 Å². The van der Waals surface area contributed by atoms with E-state index in [-0.39, 0.29) is 0 Å². The van der Waals surface area contributed by atoms with Gasteiger partial charge in [-0.15, -0.1) is 0 Å². The molecule has 1 aromatic rings. The molecule has 2 aliphatic carbocycles. The second-order valence-electron chi connectivity index (χ2n) is 5.54. The summed E-state index contributed by atoms with van der Waals surface area (Å²) in [6, 6.07) is 3.95. The van der Waals surface area contributed by atoms with Crippen LogP contribution in [0.4, 0.5) is 11.5 Å². The Labute approximate surface area is 107 Å². The summed E-state index contributed by atoms with van der Waals surface area (Å²) in [4.78, 5) is 6.69. The molecule has 4 nitrogen and oxygen atoms in total. The molecule has 0 aliphatic heterocycles. The van der Waals surface area contributed by atoms with Gasteiger partial charge in [-0.1, -0.05) is 0 Å². The Balaban J connectivity index is 1.84. The van der Waals surface area contributed by atoms with Gasteiger partial charge >= 0.3 is 0 Å². The van der Waals surface area contributed by atoms with Crippen molar-refractivity contribution in [2.24, 2.45) is 11.8 Å². The monoisotopic (exact) mass is 242 g/mol. The molecule has 0 saturated heterocycles. The molecule has 1 aromatic heterocycles. The van der Waals surface area contributed by atoms with Crippen molar-refractivity contribution >= 4 is 11.5 Å². The minimum atomic E-state index is 0.563. The molecule has 3 rings (SSSR count). The predicted molar refractivity (Wildman–Crippen MR) is 71.0 cm³/mol. The Kier molecular flexibility index (Phi) is 2.83. The van der Waals surface area contributed by atoms with Gasteiger partial charge in [0.2, 0.25) is 0 Å². The second-order valence-corrected chi connectivity index (χ2v) is 5.54. The first-order chi connectivity index (χ1) is 8.76. The molecular formula is C14H18N4. The van der Waals surface area contributed by atoms with E-state index in [0.717, 1.165) is 30.7 Å². The third kappa shape index (κ3) is 2.56. The third-order valence-electron chi connectivity index (χ3n) is 3.66. The van der Waals surface area contributed by atoms with Crippen molar-refractivity contribution in [2.45, 2.75) is 25.7 Å². The average molecular weight is 242 g/mol. The summed E-state index contributed by atoms with van der Waals surface area (Å²) in [6.45, 7) is 2.09. The fraction of sp³-hybridized carbons (Fsp3) is 0.571. The first-order valence-electron chi connectivity index (χ1n) is 6.67. The van der Waals surface area contributed by atoms with Crippen molar-refractivity contribution in [3.63, 3.8) is 0 Å². The van der Waals surface area contributed by atoms with Crippen LogP contribution in [0.3, 0.4) is 0 Å². The second kappa shape index (κ2) is 4.49. The summed E-state index contributed by atoms with van der Waals surface area (Å²) in [6.07, 6.45) is 6.93. The van der Waals surface area contributed by atoms with E-state index in [0.29, 0.717) is 11.3 Å². The largest absolute Gasteiger partial charge is 0.397 e. The zero-order chi connectivity index (χ0) is 12.5. The number of nitrogen functional groups attached to an aromatic ring is 1. The number of anilines is 2. The first kappa shape index (κ1) is 11.3. The lowest BCUT2D eigenvalue weighted by Crippen LogP contribution is -2.29. The van der Waals surface area contributed by atoms with Gasteiger partial charge in [-0.25, -0.2) is 4.98 Å². The lowest BCUT2D eigenvalue weighted by atomic mass is 10.2. The molecule has 2 N–H and O–H groups in total. The summed E-state index contributed by atoms with van der Waals surface area (Å²) in [5.41, 5.74) is 6.87. The van der Waals surface area contributed by atoms with Crippen LogP contribution in [-0.4, -0.2) is 18.1 Å². The summed E-state index contributed by atoms with van der Waals surface area (Å²) < 4.78 is 0. The van der Waals surface area contributed by atoms with Gasteiger partial charge in [0.05, 0.1) is 17.4 Å². The van der Waals surface area contributed by atoms with Gasteiger partial charge in [0, 0.05) is 13.1 Å². The quantitative estimate of drug-likeness (QED) is 0.859. The highest BCUT2D eigenvalue weighted by molar-refractivity contribution is 5.59. The van der Waals surface area contributed by atoms with Crippen molar-refractivity contribution in [1.29, 1.82) is 5.26 Å². The van der Waals surface area contributed by atoms with Crippen LogP contribution in [0.5, 0.6) is 0 Å². The third-order valence-corrected chi connectivity index (χ3v) is 3.66. The van der Waals surface area contributed by atoms with E-state index in [4.69, 9.17) is 5.73 Å². The van der Waals surface area contributed by atoms with Crippen LogP contribution < -0.4 is 10.6 Å². The molecule has 0 bridgehead atoms. The van der Waals surface area contributed by atoms with Crippen LogP contribution >= 0.6 is 0 Å².